The van der Waals surface area contributed by atoms with Crippen LogP contribution in [0.3, 0.4) is 0 Å². The maximum atomic E-state index is 12.8. The van der Waals surface area contributed by atoms with Gasteiger partial charge in [-0.05, 0) is 44.2 Å². The van der Waals surface area contributed by atoms with Gasteiger partial charge >= 0.3 is 0 Å². The van der Waals surface area contributed by atoms with Crippen molar-refractivity contribution in [3.05, 3.63) is 34.6 Å². The Balaban J connectivity index is 1.66. The molecule has 0 spiro atoms. The quantitative estimate of drug-likeness (QED) is 0.600. The molecule has 1 atom stereocenters. The number of nitriles is 1. The van der Waals surface area contributed by atoms with Gasteiger partial charge in [-0.3, -0.25) is 18.6 Å². The van der Waals surface area contributed by atoms with Gasteiger partial charge in [0, 0.05) is 6.54 Å². The highest BCUT2D eigenvalue weighted by Gasteiger charge is 2.43. The molecule has 1 unspecified atom stereocenters. The zero-order valence-electron chi connectivity index (χ0n) is 16.4. The average molecular weight is 411 g/mol. The lowest BCUT2D eigenvalue weighted by atomic mass is 9.98. The van der Waals surface area contributed by atoms with Crippen molar-refractivity contribution < 1.29 is 4.79 Å². The van der Waals surface area contributed by atoms with Crippen LogP contribution in [0.4, 0.5) is 0 Å². The number of para-hydroxylation sites is 1. The van der Waals surface area contributed by atoms with E-state index in [0.29, 0.717) is 28.4 Å². The summed E-state index contributed by atoms with van der Waals surface area (Å²) >= 11 is 1.25. The molecule has 1 aliphatic carbocycles. The van der Waals surface area contributed by atoms with Gasteiger partial charge in [0.15, 0.2) is 5.16 Å². The average Bonchev–Trinajstić information content (AvgIpc) is 3.50. The van der Waals surface area contributed by atoms with E-state index in [1.807, 2.05) is 29.5 Å². The van der Waals surface area contributed by atoms with Crippen molar-refractivity contribution in [1.82, 2.24) is 24.5 Å². The zero-order valence-corrected chi connectivity index (χ0v) is 17.2. The normalized spacial score (nSPS) is 15.9. The topological polar surface area (TPSA) is 105 Å². The molecule has 9 heteroatoms. The second kappa shape index (κ2) is 7.52. The van der Waals surface area contributed by atoms with Crippen molar-refractivity contribution in [2.24, 2.45) is 5.92 Å². The first kappa shape index (κ1) is 19.5. The van der Waals surface area contributed by atoms with Crippen LogP contribution in [0.15, 0.2) is 34.2 Å². The van der Waals surface area contributed by atoms with Gasteiger partial charge in [-0.15, -0.1) is 10.2 Å². The molecule has 8 nitrogen and oxygen atoms in total. The van der Waals surface area contributed by atoms with Crippen molar-refractivity contribution in [1.29, 1.82) is 5.26 Å². The number of aryl methyl sites for hydroxylation is 1. The Kier molecular flexibility index (Phi) is 5.04. The molecule has 2 heterocycles. The van der Waals surface area contributed by atoms with Gasteiger partial charge < -0.3 is 5.32 Å². The molecule has 1 aliphatic rings. The van der Waals surface area contributed by atoms with Crippen LogP contribution in [0, 0.1) is 17.2 Å². The van der Waals surface area contributed by atoms with Crippen molar-refractivity contribution in [3.8, 4) is 6.07 Å². The number of hydrogen-bond acceptors (Lipinski definition) is 6. The van der Waals surface area contributed by atoms with Crippen molar-refractivity contribution in [2.45, 2.75) is 50.4 Å². The first-order valence-corrected chi connectivity index (χ1v) is 10.7. The van der Waals surface area contributed by atoms with Crippen LogP contribution < -0.4 is 10.9 Å². The Morgan fingerprint density at radius 3 is 2.83 bits per heavy atom. The number of hydrogen-bond donors (Lipinski definition) is 1. The summed E-state index contributed by atoms with van der Waals surface area (Å²) in [7, 11) is 0. The summed E-state index contributed by atoms with van der Waals surface area (Å²) in [6, 6.07) is 9.57. The maximum absolute atomic E-state index is 12.8. The highest BCUT2D eigenvalue weighted by molar-refractivity contribution is 7.99. The van der Waals surface area contributed by atoms with Gasteiger partial charge in [-0.2, -0.15) is 5.26 Å². The fourth-order valence-electron chi connectivity index (χ4n) is 3.59. The largest absolute Gasteiger partial charge is 0.337 e. The van der Waals surface area contributed by atoms with E-state index in [1.165, 1.54) is 11.8 Å². The molecule has 150 valence electrons. The number of nitrogens with one attached hydrogen (secondary N) is 1. The second-order valence-corrected chi connectivity index (χ2v) is 8.46. The summed E-state index contributed by atoms with van der Waals surface area (Å²) in [5, 5.41) is 21.9. The molecule has 0 radical (unpaired) electrons. The molecule has 1 saturated carbocycles. The molecular weight excluding hydrogens is 388 g/mol. The van der Waals surface area contributed by atoms with Crippen LogP contribution in [0.2, 0.25) is 0 Å². The third-order valence-corrected chi connectivity index (χ3v) is 6.21. The van der Waals surface area contributed by atoms with Crippen LogP contribution in [0.5, 0.6) is 0 Å². The molecule has 3 aromatic rings. The van der Waals surface area contributed by atoms with Crippen LogP contribution in [0.1, 0.15) is 33.1 Å². The SMILES string of the molecule is CCCn1c(=O)c2ccccc2n2c(SCC(=O)NC(C)(C#N)C3CC3)nnc12. The molecule has 0 saturated heterocycles. The zero-order chi connectivity index (χ0) is 20.6. The Morgan fingerprint density at radius 2 is 2.14 bits per heavy atom. The van der Waals surface area contributed by atoms with Crippen LogP contribution in [-0.2, 0) is 11.3 Å². The van der Waals surface area contributed by atoms with E-state index in [-0.39, 0.29) is 23.1 Å². The van der Waals surface area contributed by atoms with Crippen LogP contribution in [0.25, 0.3) is 16.7 Å². The first-order chi connectivity index (χ1) is 14.0. The van der Waals surface area contributed by atoms with Gasteiger partial charge in [0.1, 0.15) is 5.54 Å². The second-order valence-electron chi connectivity index (χ2n) is 7.52. The number of carbonyl (C=O) groups is 1. The van der Waals surface area contributed by atoms with E-state index < -0.39 is 5.54 Å². The Bertz CT molecular complexity index is 1190. The van der Waals surface area contributed by atoms with E-state index in [0.717, 1.165) is 19.3 Å². The minimum Gasteiger partial charge on any atom is -0.337 e. The molecule has 1 N–H and O–H groups in total. The Morgan fingerprint density at radius 1 is 1.38 bits per heavy atom. The van der Waals surface area contributed by atoms with Gasteiger partial charge in [-0.25, -0.2) is 0 Å². The molecule has 2 aromatic heterocycles. The maximum Gasteiger partial charge on any atom is 0.262 e. The molecule has 1 amide bonds. The summed E-state index contributed by atoms with van der Waals surface area (Å²) in [5.74, 6) is 0.599. The molecule has 0 aliphatic heterocycles. The van der Waals surface area contributed by atoms with Gasteiger partial charge in [-0.1, -0.05) is 30.8 Å². The Labute approximate surface area is 171 Å². The lowest BCUT2D eigenvalue weighted by Gasteiger charge is -2.22. The number of rotatable bonds is 7. The predicted octanol–water partition coefficient (Wildman–Crippen LogP) is 2.35. The summed E-state index contributed by atoms with van der Waals surface area (Å²) < 4.78 is 3.45. The highest BCUT2D eigenvalue weighted by atomic mass is 32.2. The van der Waals surface area contributed by atoms with Gasteiger partial charge in [0.2, 0.25) is 11.7 Å². The third-order valence-electron chi connectivity index (χ3n) is 5.28. The van der Waals surface area contributed by atoms with E-state index in [9.17, 15) is 14.9 Å². The number of carbonyl (C=O) groups excluding carboxylic acids is 1. The van der Waals surface area contributed by atoms with Crippen LogP contribution >= 0.6 is 11.8 Å². The van der Waals surface area contributed by atoms with Crippen molar-refractivity contribution >= 4 is 34.3 Å². The van der Waals surface area contributed by atoms with E-state index in [1.54, 1.807) is 17.6 Å². The molecule has 29 heavy (non-hydrogen) atoms. The molecule has 0 bridgehead atoms. The summed E-state index contributed by atoms with van der Waals surface area (Å²) in [6.07, 6.45) is 2.72. The van der Waals surface area contributed by atoms with Gasteiger partial charge in [0.25, 0.3) is 5.56 Å². The van der Waals surface area contributed by atoms with Crippen molar-refractivity contribution in [3.63, 3.8) is 0 Å². The number of amides is 1. The van der Waals surface area contributed by atoms with E-state index in [2.05, 4.69) is 21.6 Å². The molecule has 1 aromatic carbocycles. The standard InChI is InChI=1S/C20H22N6O2S/c1-3-10-25-17(28)14-6-4-5-7-15(14)26-18(25)23-24-19(26)29-11-16(27)22-20(2,12-21)13-8-9-13/h4-7,13H,3,8-11H2,1-2H3,(H,22,27). The highest BCUT2D eigenvalue weighted by Crippen LogP contribution is 2.39. The third kappa shape index (κ3) is 3.49. The summed E-state index contributed by atoms with van der Waals surface area (Å²) in [5.41, 5.74) is -0.197. The fourth-order valence-corrected chi connectivity index (χ4v) is 4.33. The first-order valence-electron chi connectivity index (χ1n) is 9.70. The molecular formula is C20H22N6O2S. The van der Waals surface area contributed by atoms with Gasteiger partial charge in [0.05, 0.1) is 22.7 Å². The smallest absolute Gasteiger partial charge is 0.262 e. The number of aromatic nitrogens is 4. The lowest BCUT2D eigenvalue weighted by molar-refractivity contribution is -0.119. The minimum absolute atomic E-state index is 0.0918. The lowest BCUT2D eigenvalue weighted by Crippen LogP contribution is -2.47. The predicted molar refractivity (Wildman–Crippen MR) is 111 cm³/mol. The monoisotopic (exact) mass is 410 g/mol. The van der Waals surface area contributed by atoms with Crippen LogP contribution in [-0.4, -0.2) is 36.4 Å². The number of thioether (sulfide) groups is 1. The Hall–Kier alpha value is -2.86. The minimum atomic E-state index is -0.821. The number of fused-ring (bicyclic) bond motifs is 3. The van der Waals surface area contributed by atoms with E-state index >= 15 is 0 Å². The molecule has 1 fully saturated rings. The summed E-state index contributed by atoms with van der Waals surface area (Å²) in [6.45, 7) is 4.32. The van der Waals surface area contributed by atoms with Crippen molar-refractivity contribution in [2.75, 3.05) is 5.75 Å². The number of nitrogens with zero attached hydrogens (tertiary/aromatic N) is 5. The fraction of sp³-hybridized carbons (Fsp3) is 0.450. The number of benzene rings is 1. The summed E-state index contributed by atoms with van der Waals surface area (Å²) in [4.78, 5) is 25.3. The molecule has 4 rings (SSSR count). The van der Waals surface area contributed by atoms with E-state index in [4.69, 9.17) is 0 Å².